The minimum atomic E-state index is -0.123. The van der Waals surface area contributed by atoms with Gasteiger partial charge in [-0.25, -0.2) is 0 Å². The Bertz CT molecular complexity index is 531. The SMILES string of the molecule is Cc1cc(CNC(=O)c2cc(Br)c(Br)s2)no1. The topological polar surface area (TPSA) is 55.1 Å². The average molecular weight is 380 g/mol. The molecule has 0 aliphatic carbocycles. The molecule has 2 rings (SSSR count). The van der Waals surface area contributed by atoms with Crippen molar-refractivity contribution < 1.29 is 9.32 Å². The summed E-state index contributed by atoms with van der Waals surface area (Å²) < 4.78 is 6.69. The number of amides is 1. The molecule has 0 unspecified atom stereocenters. The molecule has 0 radical (unpaired) electrons. The lowest BCUT2D eigenvalue weighted by Gasteiger charge is -1.99. The number of thiophene rings is 1. The summed E-state index contributed by atoms with van der Waals surface area (Å²) in [4.78, 5) is 12.4. The van der Waals surface area contributed by atoms with E-state index in [0.29, 0.717) is 17.1 Å². The fourth-order valence-corrected chi connectivity index (χ4v) is 3.17. The highest BCUT2D eigenvalue weighted by Gasteiger charge is 2.12. The summed E-state index contributed by atoms with van der Waals surface area (Å²) in [6.07, 6.45) is 0. The van der Waals surface area contributed by atoms with Crippen LogP contribution in [0, 0.1) is 6.92 Å². The summed E-state index contributed by atoms with van der Waals surface area (Å²) in [5, 5.41) is 6.58. The third-order valence-electron chi connectivity index (χ3n) is 1.98. The third kappa shape index (κ3) is 3.17. The monoisotopic (exact) mass is 378 g/mol. The first-order valence-corrected chi connectivity index (χ1v) is 7.11. The standard InChI is InChI=1S/C10H8Br2N2O2S/c1-5-2-6(14-16-5)4-13-10(15)8-3-7(11)9(12)17-8/h2-3H,4H2,1H3,(H,13,15). The van der Waals surface area contributed by atoms with Gasteiger partial charge in [-0.3, -0.25) is 4.79 Å². The van der Waals surface area contributed by atoms with Gasteiger partial charge in [-0.15, -0.1) is 11.3 Å². The van der Waals surface area contributed by atoms with Crippen LogP contribution in [0.5, 0.6) is 0 Å². The Morgan fingerprint density at radius 3 is 2.82 bits per heavy atom. The van der Waals surface area contributed by atoms with Crippen LogP contribution in [-0.2, 0) is 6.54 Å². The van der Waals surface area contributed by atoms with Crippen LogP contribution in [0.25, 0.3) is 0 Å². The van der Waals surface area contributed by atoms with E-state index in [2.05, 4.69) is 42.3 Å². The van der Waals surface area contributed by atoms with E-state index >= 15 is 0 Å². The van der Waals surface area contributed by atoms with Crippen LogP contribution in [0.1, 0.15) is 21.1 Å². The second-order valence-electron chi connectivity index (χ2n) is 3.34. The molecule has 0 saturated heterocycles. The lowest BCUT2D eigenvalue weighted by molar-refractivity contribution is 0.0954. The molecule has 2 aromatic heterocycles. The molecular weight excluding hydrogens is 372 g/mol. The molecule has 0 saturated carbocycles. The summed E-state index contributed by atoms with van der Waals surface area (Å²) in [6.45, 7) is 2.18. The molecule has 0 aliphatic rings. The molecular formula is C10H8Br2N2O2S. The van der Waals surface area contributed by atoms with E-state index in [-0.39, 0.29) is 5.91 Å². The number of nitrogens with zero attached hydrogens (tertiary/aromatic N) is 1. The molecule has 4 nitrogen and oxygen atoms in total. The minimum absolute atomic E-state index is 0.123. The Morgan fingerprint density at radius 2 is 2.29 bits per heavy atom. The molecule has 0 spiro atoms. The van der Waals surface area contributed by atoms with E-state index < -0.39 is 0 Å². The van der Waals surface area contributed by atoms with Crippen LogP contribution in [-0.4, -0.2) is 11.1 Å². The first-order valence-electron chi connectivity index (χ1n) is 4.71. The number of hydrogen-bond donors (Lipinski definition) is 1. The zero-order valence-electron chi connectivity index (χ0n) is 8.79. The van der Waals surface area contributed by atoms with E-state index in [1.807, 2.05) is 6.92 Å². The number of hydrogen-bond acceptors (Lipinski definition) is 4. The van der Waals surface area contributed by atoms with Crippen molar-refractivity contribution in [2.45, 2.75) is 13.5 Å². The van der Waals surface area contributed by atoms with Crippen molar-refractivity contribution in [2.24, 2.45) is 0 Å². The van der Waals surface area contributed by atoms with Gasteiger partial charge in [0.1, 0.15) is 11.5 Å². The number of halogens is 2. The van der Waals surface area contributed by atoms with Crippen molar-refractivity contribution in [1.29, 1.82) is 0 Å². The van der Waals surface area contributed by atoms with Gasteiger partial charge in [0, 0.05) is 10.5 Å². The molecule has 2 heterocycles. The largest absolute Gasteiger partial charge is 0.361 e. The molecule has 90 valence electrons. The smallest absolute Gasteiger partial charge is 0.261 e. The van der Waals surface area contributed by atoms with Crippen LogP contribution >= 0.6 is 43.2 Å². The van der Waals surface area contributed by atoms with Crippen molar-refractivity contribution in [1.82, 2.24) is 10.5 Å². The fraction of sp³-hybridized carbons (Fsp3) is 0.200. The summed E-state index contributed by atoms with van der Waals surface area (Å²) in [7, 11) is 0. The van der Waals surface area contributed by atoms with Crippen LogP contribution in [0.2, 0.25) is 0 Å². The highest BCUT2D eigenvalue weighted by Crippen LogP contribution is 2.32. The van der Waals surface area contributed by atoms with Crippen LogP contribution < -0.4 is 5.32 Å². The first-order chi connectivity index (χ1) is 8.06. The van der Waals surface area contributed by atoms with Gasteiger partial charge in [0.2, 0.25) is 0 Å². The highest BCUT2D eigenvalue weighted by molar-refractivity contribution is 9.13. The van der Waals surface area contributed by atoms with Crippen molar-refractivity contribution in [2.75, 3.05) is 0 Å². The molecule has 0 fully saturated rings. The average Bonchev–Trinajstić information content (AvgIpc) is 2.83. The van der Waals surface area contributed by atoms with Gasteiger partial charge in [-0.05, 0) is 44.8 Å². The van der Waals surface area contributed by atoms with Gasteiger partial charge in [-0.1, -0.05) is 5.16 Å². The van der Waals surface area contributed by atoms with Gasteiger partial charge < -0.3 is 9.84 Å². The second-order valence-corrected chi connectivity index (χ2v) is 6.57. The number of nitrogens with one attached hydrogen (secondary N) is 1. The molecule has 0 aliphatic heterocycles. The highest BCUT2D eigenvalue weighted by atomic mass is 79.9. The maximum atomic E-state index is 11.8. The minimum Gasteiger partial charge on any atom is -0.361 e. The molecule has 7 heteroatoms. The maximum Gasteiger partial charge on any atom is 0.261 e. The van der Waals surface area contributed by atoms with Gasteiger partial charge in [-0.2, -0.15) is 0 Å². The van der Waals surface area contributed by atoms with E-state index in [1.165, 1.54) is 11.3 Å². The van der Waals surface area contributed by atoms with Crippen molar-refractivity contribution in [3.63, 3.8) is 0 Å². The Kier molecular flexibility index (Phi) is 4.01. The lowest BCUT2D eigenvalue weighted by Crippen LogP contribution is -2.21. The van der Waals surface area contributed by atoms with Gasteiger partial charge in [0.15, 0.2) is 0 Å². The molecule has 0 bridgehead atoms. The van der Waals surface area contributed by atoms with Crippen molar-refractivity contribution >= 4 is 49.1 Å². The number of carbonyl (C=O) groups excluding carboxylic acids is 1. The molecule has 2 aromatic rings. The zero-order valence-corrected chi connectivity index (χ0v) is 12.8. The Hall–Kier alpha value is -0.660. The first kappa shape index (κ1) is 12.8. The van der Waals surface area contributed by atoms with Crippen LogP contribution in [0.3, 0.4) is 0 Å². The number of aryl methyl sites for hydroxylation is 1. The Labute approximate surface area is 119 Å². The molecule has 1 N–H and O–H groups in total. The summed E-state index contributed by atoms with van der Waals surface area (Å²) in [6, 6.07) is 3.57. The van der Waals surface area contributed by atoms with Crippen molar-refractivity contribution in [3.8, 4) is 0 Å². The summed E-state index contributed by atoms with van der Waals surface area (Å²) in [5.41, 5.74) is 0.713. The molecule has 1 amide bonds. The number of rotatable bonds is 3. The Morgan fingerprint density at radius 1 is 1.53 bits per heavy atom. The normalized spacial score (nSPS) is 10.5. The molecule has 0 aromatic carbocycles. The van der Waals surface area contributed by atoms with Crippen molar-refractivity contribution in [3.05, 3.63) is 36.7 Å². The van der Waals surface area contributed by atoms with E-state index in [0.717, 1.165) is 14.0 Å². The van der Waals surface area contributed by atoms with Gasteiger partial charge in [0.25, 0.3) is 5.91 Å². The number of carbonyl (C=O) groups is 1. The fourth-order valence-electron chi connectivity index (χ4n) is 1.22. The quantitative estimate of drug-likeness (QED) is 0.887. The van der Waals surface area contributed by atoms with E-state index in [9.17, 15) is 4.79 Å². The number of aromatic nitrogens is 1. The predicted molar refractivity (Wildman–Crippen MR) is 72.1 cm³/mol. The van der Waals surface area contributed by atoms with Crippen LogP contribution in [0.15, 0.2) is 24.9 Å². The summed E-state index contributed by atoms with van der Waals surface area (Å²) in [5.74, 6) is 0.609. The van der Waals surface area contributed by atoms with Gasteiger partial charge >= 0.3 is 0 Å². The lowest BCUT2D eigenvalue weighted by atomic mass is 10.3. The molecule has 17 heavy (non-hydrogen) atoms. The van der Waals surface area contributed by atoms with E-state index in [1.54, 1.807) is 12.1 Å². The predicted octanol–water partition coefficient (Wildman–Crippen LogP) is 3.50. The zero-order chi connectivity index (χ0) is 12.4. The van der Waals surface area contributed by atoms with E-state index in [4.69, 9.17) is 4.52 Å². The Balaban J connectivity index is 1.98. The van der Waals surface area contributed by atoms with Gasteiger partial charge in [0.05, 0.1) is 15.2 Å². The second kappa shape index (κ2) is 5.32. The third-order valence-corrected chi connectivity index (χ3v) is 5.23. The molecule has 0 atom stereocenters. The maximum absolute atomic E-state index is 11.8. The van der Waals surface area contributed by atoms with Crippen LogP contribution in [0.4, 0.5) is 0 Å². The summed E-state index contributed by atoms with van der Waals surface area (Å²) >= 11 is 8.06.